The Morgan fingerprint density at radius 2 is 1.58 bits per heavy atom. The summed E-state index contributed by atoms with van der Waals surface area (Å²) in [6, 6.07) is 14.2. The Balaban J connectivity index is 1.52. The highest BCUT2D eigenvalue weighted by Crippen LogP contribution is 2.18. The van der Waals surface area contributed by atoms with Gasteiger partial charge in [-0.1, -0.05) is 43.5 Å². The summed E-state index contributed by atoms with van der Waals surface area (Å²) in [5, 5.41) is 2.79. The van der Waals surface area contributed by atoms with Gasteiger partial charge < -0.3 is 19.7 Å². The Morgan fingerprint density at radius 1 is 0.909 bits per heavy atom. The van der Waals surface area contributed by atoms with E-state index in [9.17, 15) is 14.4 Å². The average molecular weight is 453 g/mol. The summed E-state index contributed by atoms with van der Waals surface area (Å²) in [5.74, 6) is -0.240. The molecule has 2 aromatic carbocycles. The highest BCUT2D eigenvalue weighted by atomic mass is 16.5. The van der Waals surface area contributed by atoms with Crippen LogP contribution >= 0.6 is 0 Å². The predicted octanol–water partition coefficient (Wildman–Crippen LogP) is 4.22. The molecule has 176 valence electrons. The number of anilines is 1. The van der Waals surface area contributed by atoms with Crippen molar-refractivity contribution in [2.75, 3.05) is 32.1 Å². The molecule has 1 heterocycles. The number of ether oxygens (including phenoxy) is 2. The second-order valence-electron chi connectivity index (χ2n) is 8.17. The number of aryl methyl sites for hydroxylation is 1. The molecule has 0 aromatic heterocycles. The lowest BCUT2D eigenvalue weighted by atomic mass is 10.1. The molecule has 1 aliphatic rings. The zero-order valence-electron chi connectivity index (χ0n) is 19.2. The molecule has 0 spiro atoms. The van der Waals surface area contributed by atoms with Gasteiger partial charge in [-0.15, -0.1) is 0 Å². The molecule has 0 unspecified atom stereocenters. The van der Waals surface area contributed by atoms with E-state index >= 15 is 0 Å². The number of rotatable bonds is 8. The Kier molecular flexibility index (Phi) is 9.30. The van der Waals surface area contributed by atoms with Crippen LogP contribution in [0, 0.1) is 0 Å². The lowest BCUT2D eigenvalue weighted by Gasteiger charge is -2.24. The zero-order chi connectivity index (χ0) is 23.5. The van der Waals surface area contributed by atoms with Gasteiger partial charge in [-0.2, -0.15) is 0 Å². The largest absolute Gasteiger partial charge is 0.497 e. The van der Waals surface area contributed by atoms with Gasteiger partial charge in [0.2, 0.25) is 5.91 Å². The van der Waals surface area contributed by atoms with Gasteiger partial charge in [0.05, 0.1) is 18.4 Å². The maximum Gasteiger partial charge on any atom is 0.340 e. The molecule has 33 heavy (non-hydrogen) atoms. The summed E-state index contributed by atoms with van der Waals surface area (Å²) in [6.07, 6.45) is 6.23. The lowest BCUT2D eigenvalue weighted by Crippen LogP contribution is -2.37. The molecule has 1 saturated heterocycles. The number of methoxy groups -OCH3 is 1. The van der Waals surface area contributed by atoms with Crippen molar-refractivity contribution in [3.05, 3.63) is 59.7 Å². The number of para-hydroxylation sites is 1. The average Bonchev–Trinajstić information content (AvgIpc) is 2.81. The van der Waals surface area contributed by atoms with Crippen LogP contribution in [0.5, 0.6) is 5.75 Å². The van der Waals surface area contributed by atoms with E-state index in [0.717, 1.165) is 37.0 Å². The van der Waals surface area contributed by atoms with E-state index in [0.29, 0.717) is 25.2 Å². The fourth-order valence-electron chi connectivity index (χ4n) is 3.83. The number of nitrogens with zero attached hydrogens (tertiary/aromatic N) is 1. The SMILES string of the molecule is COc1ccc(CCC(=O)Nc2ccccc2C(=O)OCC(=O)N2CCCCCCC2)cc1. The van der Waals surface area contributed by atoms with Gasteiger partial charge in [0.15, 0.2) is 6.61 Å². The van der Waals surface area contributed by atoms with E-state index in [1.807, 2.05) is 24.3 Å². The number of benzene rings is 2. The first-order valence-electron chi connectivity index (χ1n) is 11.5. The van der Waals surface area contributed by atoms with Crippen molar-refractivity contribution in [3.63, 3.8) is 0 Å². The number of carbonyl (C=O) groups is 3. The Morgan fingerprint density at radius 3 is 2.27 bits per heavy atom. The Hall–Kier alpha value is -3.35. The normalized spacial score (nSPS) is 14.0. The summed E-state index contributed by atoms with van der Waals surface area (Å²) in [6.45, 7) is 1.12. The van der Waals surface area contributed by atoms with Crippen LogP contribution in [0.4, 0.5) is 5.69 Å². The van der Waals surface area contributed by atoms with Crippen LogP contribution < -0.4 is 10.1 Å². The minimum absolute atomic E-state index is 0.175. The molecular weight excluding hydrogens is 420 g/mol. The molecule has 0 aliphatic carbocycles. The van der Waals surface area contributed by atoms with Crippen molar-refractivity contribution in [1.82, 2.24) is 4.90 Å². The molecule has 1 N–H and O–H groups in total. The zero-order valence-corrected chi connectivity index (χ0v) is 19.2. The summed E-state index contributed by atoms with van der Waals surface area (Å²) in [7, 11) is 1.61. The number of amides is 2. The molecule has 7 heteroatoms. The standard InChI is InChI=1S/C26H32N2O5/c1-32-21-14-11-20(12-15-21)13-16-24(29)27-23-10-6-5-9-22(23)26(31)33-19-25(30)28-17-7-3-2-4-8-18-28/h5-6,9-12,14-15H,2-4,7-8,13,16-19H2,1H3,(H,27,29). The quantitative estimate of drug-likeness (QED) is 0.607. The van der Waals surface area contributed by atoms with Gasteiger partial charge >= 0.3 is 5.97 Å². The third-order valence-electron chi connectivity index (χ3n) is 5.76. The maximum absolute atomic E-state index is 12.6. The highest BCUT2D eigenvalue weighted by Gasteiger charge is 2.19. The molecule has 7 nitrogen and oxygen atoms in total. The number of nitrogens with one attached hydrogen (secondary N) is 1. The van der Waals surface area contributed by atoms with Crippen molar-refractivity contribution >= 4 is 23.5 Å². The molecule has 0 saturated carbocycles. The summed E-state index contributed by atoms with van der Waals surface area (Å²) < 4.78 is 10.4. The van der Waals surface area contributed by atoms with Crippen LogP contribution in [0.1, 0.15) is 54.4 Å². The summed E-state index contributed by atoms with van der Waals surface area (Å²) in [4.78, 5) is 39.4. The first-order valence-corrected chi connectivity index (χ1v) is 11.5. The van der Waals surface area contributed by atoms with Gasteiger partial charge in [-0.3, -0.25) is 9.59 Å². The predicted molar refractivity (Wildman–Crippen MR) is 126 cm³/mol. The first-order chi connectivity index (χ1) is 16.1. The summed E-state index contributed by atoms with van der Waals surface area (Å²) >= 11 is 0. The lowest BCUT2D eigenvalue weighted by molar-refractivity contribution is -0.134. The minimum Gasteiger partial charge on any atom is -0.497 e. The van der Waals surface area contributed by atoms with Crippen molar-refractivity contribution in [2.24, 2.45) is 0 Å². The molecule has 1 fully saturated rings. The Bertz CT molecular complexity index is 934. The number of esters is 1. The molecule has 0 radical (unpaired) electrons. The monoisotopic (exact) mass is 452 g/mol. The van der Waals surface area contributed by atoms with Crippen LogP contribution in [0.2, 0.25) is 0 Å². The molecule has 3 rings (SSSR count). The topological polar surface area (TPSA) is 84.9 Å². The van der Waals surface area contributed by atoms with Gasteiger partial charge in [0.25, 0.3) is 5.91 Å². The van der Waals surface area contributed by atoms with E-state index in [1.165, 1.54) is 6.42 Å². The van der Waals surface area contributed by atoms with Crippen LogP contribution in [0.25, 0.3) is 0 Å². The maximum atomic E-state index is 12.6. The molecule has 0 atom stereocenters. The smallest absolute Gasteiger partial charge is 0.340 e. The number of likely N-dealkylation sites (tertiary alicyclic amines) is 1. The van der Waals surface area contributed by atoms with E-state index < -0.39 is 5.97 Å². The fourth-order valence-corrected chi connectivity index (χ4v) is 3.83. The molecule has 2 aromatic rings. The highest BCUT2D eigenvalue weighted by molar-refractivity contribution is 6.01. The summed E-state index contributed by atoms with van der Waals surface area (Å²) in [5.41, 5.74) is 1.62. The van der Waals surface area contributed by atoms with Crippen molar-refractivity contribution in [3.8, 4) is 5.75 Å². The van der Waals surface area contributed by atoms with Crippen molar-refractivity contribution < 1.29 is 23.9 Å². The third kappa shape index (κ3) is 7.63. The second-order valence-corrected chi connectivity index (χ2v) is 8.17. The van der Waals surface area contributed by atoms with Gasteiger partial charge in [-0.25, -0.2) is 4.79 Å². The van der Waals surface area contributed by atoms with Gasteiger partial charge in [0, 0.05) is 19.5 Å². The number of carbonyl (C=O) groups excluding carboxylic acids is 3. The van der Waals surface area contributed by atoms with E-state index in [4.69, 9.17) is 9.47 Å². The third-order valence-corrected chi connectivity index (χ3v) is 5.76. The Labute approximate surface area is 195 Å². The van der Waals surface area contributed by atoms with E-state index in [2.05, 4.69) is 5.32 Å². The van der Waals surface area contributed by atoms with Crippen molar-refractivity contribution in [2.45, 2.75) is 44.9 Å². The van der Waals surface area contributed by atoms with Crippen molar-refractivity contribution in [1.29, 1.82) is 0 Å². The second kappa shape index (κ2) is 12.6. The molecule has 2 amide bonds. The van der Waals surface area contributed by atoms with Crippen LogP contribution in [-0.2, 0) is 20.7 Å². The molecule has 1 aliphatic heterocycles. The van der Waals surface area contributed by atoms with Crippen LogP contribution in [0.15, 0.2) is 48.5 Å². The van der Waals surface area contributed by atoms with Gasteiger partial charge in [-0.05, 0) is 49.1 Å². The number of hydrogen-bond acceptors (Lipinski definition) is 5. The van der Waals surface area contributed by atoms with E-state index in [-0.39, 0.29) is 30.4 Å². The van der Waals surface area contributed by atoms with Crippen LogP contribution in [-0.4, -0.2) is 49.5 Å². The minimum atomic E-state index is -0.624. The first kappa shape index (κ1) is 24.3. The fraction of sp³-hybridized carbons (Fsp3) is 0.423. The van der Waals surface area contributed by atoms with Crippen LogP contribution in [0.3, 0.4) is 0 Å². The van der Waals surface area contributed by atoms with Gasteiger partial charge in [0.1, 0.15) is 5.75 Å². The molecule has 0 bridgehead atoms. The van der Waals surface area contributed by atoms with E-state index in [1.54, 1.807) is 36.3 Å². The number of hydrogen-bond donors (Lipinski definition) is 1. The molecular formula is C26H32N2O5.